The summed E-state index contributed by atoms with van der Waals surface area (Å²) >= 11 is 6.34. The number of nitrogens with one attached hydrogen (secondary N) is 1. The summed E-state index contributed by atoms with van der Waals surface area (Å²) in [5.74, 6) is 2.39. The number of guanidine groups is 1. The van der Waals surface area contributed by atoms with Gasteiger partial charge in [0.1, 0.15) is 5.75 Å². The monoisotopic (exact) mass is 537 g/mol. The largest absolute Gasteiger partial charge is 0.496 e. The Morgan fingerprint density at radius 2 is 2.10 bits per heavy atom. The number of methoxy groups -OCH3 is 2. The molecule has 0 amide bonds. The van der Waals surface area contributed by atoms with Crippen LogP contribution in [0.25, 0.3) is 0 Å². The van der Waals surface area contributed by atoms with Gasteiger partial charge in [0, 0.05) is 68.9 Å². The average Bonchev–Trinajstić information content (AvgIpc) is 3.18. The van der Waals surface area contributed by atoms with Gasteiger partial charge in [0.15, 0.2) is 5.96 Å². The lowest BCUT2D eigenvalue weighted by Crippen LogP contribution is -2.49. The molecular formula is C21H33ClIN3O3. The molecular weight excluding hydrogens is 505 g/mol. The Kier molecular flexibility index (Phi) is 9.78. The molecule has 3 rings (SSSR count). The van der Waals surface area contributed by atoms with Crippen molar-refractivity contribution in [2.24, 2.45) is 10.9 Å². The molecule has 0 aromatic heterocycles. The third kappa shape index (κ3) is 5.89. The molecule has 0 radical (unpaired) electrons. The van der Waals surface area contributed by atoms with Crippen LogP contribution in [0.1, 0.15) is 24.8 Å². The van der Waals surface area contributed by atoms with Crippen LogP contribution in [-0.2, 0) is 14.9 Å². The van der Waals surface area contributed by atoms with Crippen LogP contribution in [0.2, 0.25) is 5.02 Å². The van der Waals surface area contributed by atoms with E-state index in [1.54, 1.807) is 14.2 Å². The second-order valence-corrected chi connectivity index (χ2v) is 8.13. The Labute approximate surface area is 196 Å². The number of hydrogen-bond acceptors (Lipinski definition) is 4. The van der Waals surface area contributed by atoms with Crippen molar-refractivity contribution >= 4 is 41.5 Å². The molecule has 2 aliphatic heterocycles. The zero-order chi connectivity index (χ0) is 20.0. The summed E-state index contributed by atoms with van der Waals surface area (Å²) in [6, 6.07) is 5.88. The molecule has 0 bridgehead atoms. The summed E-state index contributed by atoms with van der Waals surface area (Å²) < 4.78 is 16.7. The quantitative estimate of drug-likeness (QED) is 0.342. The maximum atomic E-state index is 6.34. The van der Waals surface area contributed by atoms with Gasteiger partial charge in [-0.1, -0.05) is 11.6 Å². The van der Waals surface area contributed by atoms with Crippen molar-refractivity contribution in [3.63, 3.8) is 0 Å². The molecule has 1 atom stereocenters. The van der Waals surface area contributed by atoms with Crippen molar-refractivity contribution in [2.45, 2.75) is 24.7 Å². The highest BCUT2D eigenvalue weighted by Crippen LogP contribution is 2.40. The van der Waals surface area contributed by atoms with Crippen LogP contribution in [0.3, 0.4) is 0 Å². The lowest BCUT2D eigenvalue weighted by Gasteiger charge is -2.39. The predicted molar refractivity (Wildman–Crippen MR) is 128 cm³/mol. The number of ether oxygens (including phenoxy) is 3. The Morgan fingerprint density at radius 1 is 1.34 bits per heavy atom. The SMILES string of the molecule is CN=C(NCC1(c2cc(Cl)ccc2OC)CCOCC1)N1CCC(COC)C1.I. The molecule has 164 valence electrons. The Balaban J connectivity index is 0.00000300. The highest BCUT2D eigenvalue weighted by molar-refractivity contribution is 14.0. The summed E-state index contributed by atoms with van der Waals surface area (Å²) in [6.45, 7) is 5.01. The van der Waals surface area contributed by atoms with Crippen LogP contribution in [0.5, 0.6) is 5.75 Å². The first kappa shape index (κ1) is 24.5. The Hall–Kier alpha value is -0.770. The molecule has 6 nitrogen and oxygen atoms in total. The number of hydrogen-bond donors (Lipinski definition) is 1. The molecule has 1 unspecified atom stereocenters. The van der Waals surface area contributed by atoms with E-state index < -0.39 is 0 Å². The predicted octanol–water partition coefficient (Wildman–Crippen LogP) is 3.56. The summed E-state index contributed by atoms with van der Waals surface area (Å²) in [5.41, 5.74) is 1.04. The Morgan fingerprint density at radius 3 is 2.76 bits per heavy atom. The van der Waals surface area contributed by atoms with Crippen molar-refractivity contribution in [1.82, 2.24) is 10.2 Å². The lowest BCUT2D eigenvalue weighted by atomic mass is 9.73. The second kappa shape index (κ2) is 11.6. The molecule has 1 N–H and O–H groups in total. The highest BCUT2D eigenvalue weighted by atomic mass is 127. The molecule has 29 heavy (non-hydrogen) atoms. The van der Waals surface area contributed by atoms with Gasteiger partial charge in [-0.15, -0.1) is 24.0 Å². The minimum Gasteiger partial charge on any atom is -0.496 e. The van der Waals surface area contributed by atoms with Gasteiger partial charge in [-0.25, -0.2) is 0 Å². The van der Waals surface area contributed by atoms with Crippen molar-refractivity contribution < 1.29 is 14.2 Å². The van der Waals surface area contributed by atoms with Gasteiger partial charge in [-0.3, -0.25) is 4.99 Å². The van der Waals surface area contributed by atoms with Gasteiger partial charge in [0.25, 0.3) is 0 Å². The second-order valence-electron chi connectivity index (χ2n) is 7.69. The van der Waals surface area contributed by atoms with Crippen molar-refractivity contribution in [2.75, 3.05) is 60.7 Å². The van der Waals surface area contributed by atoms with Crippen LogP contribution < -0.4 is 10.1 Å². The molecule has 8 heteroatoms. The molecule has 2 heterocycles. The molecule has 0 aliphatic carbocycles. The zero-order valence-electron chi connectivity index (χ0n) is 17.6. The van der Waals surface area contributed by atoms with Crippen LogP contribution in [0, 0.1) is 5.92 Å². The number of likely N-dealkylation sites (tertiary alicyclic amines) is 1. The van der Waals surface area contributed by atoms with Gasteiger partial charge in [0.2, 0.25) is 0 Å². The van der Waals surface area contributed by atoms with Gasteiger partial charge in [-0.05, 0) is 37.5 Å². The van der Waals surface area contributed by atoms with E-state index in [-0.39, 0.29) is 29.4 Å². The summed E-state index contributed by atoms with van der Waals surface area (Å²) in [5, 5.41) is 4.36. The number of aliphatic imine (C=N–C) groups is 1. The van der Waals surface area contributed by atoms with E-state index in [0.717, 1.165) is 81.0 Å². The van der Waals surface area contributed by atoms with Crippen LogP contribution in [0.15, 0.2) is 23.2 Å². The van der Waals surface area contributed by atoms with Gasteiger partial charge >= 0.3 is 0 Å². The molecule has 2 aliphatic rings. The maximum Gasteiger partial charge on any atom is 0.193 e. The third-order valence-electron chi connectivity index (χ3n) is 5.97. The fourth-order valence-corrected chi connectivity index (χ4v) is 4.55. The van der Waals surface area contributed by atoms with Crippen molar-refractivity contribution in [3.05, 3.63) is 28.8 Å². The first-order valence-corrected chi connectivity index (χ1v) is 10.4. The lowest BCUT2D eigenvalue weighted by molar-refractivity contribution is 0.0503. The normalized spacial score (nSPS) is 21.6. The number of nitrogens with zero attached hydrogens (tertiary/aromatic N) is 2. The minimum absolute atomic E-state index is 0. The van der Waals surface area contributed by atoms with E-state index in [2.05, 4.69) is 15.2 Å². The van der Waals surface area contributed by atoms with Crippen molar-refractivity contribution in [1.29, 1.82) is 0 Å². The topological polar surface area (TPSA) is 55.3 Å². The van der Waals surface area contributed by atoms with E-state index >= 15 is 0 Å². The minimum atomic E-state index is -0.101. The molecule has 0 saturated carbocycles. The van der Waals surface area contributed by atoms with E-state index in [0.29, 0.717) is 5.92 Å². The maximum absolute atomic E-state index is 6.34. The number of rotatable bonds is 6. The summed E-state index contributed by atoms with van der Waals surface area (Å²) in [7, 11) is 5.33. The standard InChI is InChI=1S/C21H32ClN3O3.HI/c1-23-20(25-9-6-16(13-25)14-26-2)24-15-21(7-10-28-11-8-21)18-12-17(22)4-5-19(18)27-3;/h4-5,12,16H,6-11,13-15H2,1-3H3,(H,23,24);1H. The van der Waals surface area contributed by atoms with Gasteiger partial charge in [-0.2, -0.15) is 0 Å². The smallest absolute Gasteiger partial charge is 0.193 e. The van der Waals surface area contributed by atoms with E-state index in [1.165, 1.54) is 0 Å². The number of benzene rings is 1. The molecule has 2 saturated heterocycles. The Bertz CT molecular complexity index is 683. The van der Waals surface area contributed by atoms with Crippen LogP contribution >= 0.6 is 35.6 Å². The summed E-state index contributed by atoms with van der Waals surface area (Å²) in [6.07, 6.45) is 2.97. The number of halogens is 2. The fourth-order valence-electron chi connectivity index (χ4n) is 4.38. The first-order chi connectivity index (χ1) is 13.6. The third-order valence-corrected chi connectivity index (χ3v) is 6.20. The van der Waals surface area contributed by atoms with E-state index in [9.17, 15) is 0 Å². The van der Waals surface area contributed by atoms with Gasteiger partial charge in [0.05, 0.1) is 13.7 Å². The van der Waals surface area contributed by atoms with Gasteiger partial charge < -0.3 is 24.4 Å². The van der Waals surface area contributed by atoms with Crippen molar-refractivity contribution in [3.8, 4) is 5.75 Å². The first-order valence-electron chi connectivity index (χ1n) is 9.98. The highest BCUT2D eigenvalue weighted by Gasteiger charge is 2.38. The molecule has 1 aromatic carbocycles. The van der Waals surface area contributed by atoms with Crippen LogP contribution in [-0.4, -0.2) is 71.6 Å². The van der Waals surface area contributed by atoms with E-state index in [1.807, 2.05) is 25.2 Å². The molecule has 1 aromatic rings. The zero-order valence-corrected chi connectivity index (χ0v) is 20.7. The molecule has 0 spiro atoms. The molecule has 2 fully saturated rings. The fraction of sp³-hybridized carbons (Fsp3) is 0.667. The average molecular weight is 538 g/mol. The van der Waals surface area contributed by atoms with Crippen LogP contribution in [0.4, 0.5) is 0 Å². The van der Waals surface area contributed by atoms with E-state index in [4.69, 9.17) is 25.8 Å². The summed E-state index contributed by atoms with van der Waals surface area (Å²) in [4.78, 5) is 6.86.